The van der Waals surface area contributed by atoms with Gasteiger partial charge in [0.2, 0.25) is 11.8 Å². The van der Waals surface area contributed by atoms with Gasteiger partial charge in [0.05, 0.1) is 30.1 Å². The normalized spacial score (nSPS) is 21.1. The number of carboxylic acid groups (broad SMARTS) is 1. The Labute approximate surface area is 266 Å². The van der Waals surface area contributed by atoms with E-state index in [2.05, 4.69) is 15.3 Å². The first-order valence-corrected chi connectivity index (χ1v) is 15.5. The molecule has 3 N–H and O–H groups in total. The van der Waals surface area contributed by atoms with E-state index < -0.39 is 79.1 Å². The van der Waals surface area contributed by atoms with E-state index in [4.69, 9.17) is 4.74 Å². The third-order valence-electron chi connectivity index (χ3n) is 9.57. The third-order valence-corrected chi connectivity index (χ3v) is 9.57. The summed E-state index contributed by atoms with van der Waals surface area (Å²) in [7, 11) is 0. The lowest BCUT2D eigenvalue weighted by molar-refractivity contribution is -0.173. The minimum atomic E-state index is -3.06. The molecule has 0 bridgehead atoms. The van der Waals surface area contributed by atoms with E-state index in [9.17, 15) is 37.1 Å². The molecule has 3 fully saturated rings. The Morgan fingerprint density at radius 2 is 1.62 bits per heavy atom. The van der Waals surface area contributed by atoms with Gasteiger partial charge in [0.1, 0.15) is 17.9 Å². The number of imidazole rings is 1. The van der Waals surface area contributed by atoms with Gasteiger partial charge < -0.3 is 29.9 Å². The van der Waals surface area contributed by atoms with Gasteiger partial charge in [-0.3, -0.25) is 4.79 Å². The summed E-state index contributed by atoms with van der Waals surface area (Å²) < 4.78 is 77.5. The van der Waals surface area contributed by atoms with Gasteiger partial charge in [-0.25, -0.2) is 36.5 Å². The largest absolute Gasteiger partial charge is 0.465 e. The van der Waals surface area contributed by atoms with Crippen molar-refractivity contribution in [3.8, 4) is 0 Å². The molecule has 1 saturated carbocycles. The van der Waals surface area contributed by atoms with Crippen LogP contribution in [0.4, 0.5) is 31.5 Å². The molecule has 6 rings (SSSR count). The van der Waals surface area contributed by atoms with Crippen LogP contribution in [0.5, 0.6) is 0 Å². The maximum absolute atomic E-state index is 16.5. The summed E-state index contributed by atoms with van der Waals surface area (Å²) in [5.41, 5.74) is -0.974. The minimum Gasteiger partial charge on any atom is -0.465 e. The highest BCUT2D eigenvalue weighted by atomic mass is 19.3. The van der Waals surface area contributed by atoms with Crippen molar-refractivity contribution in [2.75, 3.05) is 26.2 Å². The smallest absolute Gasteiger partial charge is 0.408 e. The van der Waals surface area contributed by atoms with Crippen LogP contribution in [0, 0.1) is 11.7 Å². The molecule has 0 radical (unpaired) electrons. The maximum atomic E-state index is 16.5. The maximum Gasteiger partial charge on any atom is 0.408 e. The zero-order valence-electron chi connectivity index (χ0n) is 25.3. The number of fused-ring (bicyclic) bond motifs is 1. The molecule has 3 aliphatic rings. The third kappa shape index (κ3) is 6.57. The van der Waals surface area contributed by atoms with Crippen LogP contribution in [-0.2, 0) is 21.6 Å². The van der Waals surface area contributed by atoms with Crippen molar-refractivity contribution in [1.82, 2.24) is 25.1 Å². The lowest BCUT2D eigenvalue weighted by Gasteiger charge is -2.47. The van der Waals surface area contributed by atoms with Gasteiger partial charge in [-0.1, -0.05) is 36.4 Å². The van der Waals surface area contributed by atoms with Crippen LogP contribution in [0.15, 0.2) is 42.5 Å². The molecule has 15 heteroatoms. The highest BCUT2D eigenvalue weighted by molar-refractivity contribution is 5.91. The van der Waals surface area contributed by atoms with Crippen LogP contribution in [0.1, 0.15) is 61.5 Å². The summed E-state index contributed by atoms with van der Waals surface area (Å²) in [4.78, 5) is 47.7. The number of amides is 3. The molecule has 0 spiro atoms. The number of ether oxygens (including phenoxy) is 1. The van der Waals surface area contributed by atoms with Gasteiger partial charge in [0.25, 0.3) is 5.92 Å². The first-order chi connectivity index (χ1) is 22.3. The number of aromatic nitrogens is 2. The van der Waals surface area contributed by atoms with Crippen LogP contribution in [0.25, 0.3) is 11.0 Å². The van der Waals surface area contributed by atoms with E-state index in [0.29, 0.717) is 0 Å². The molecule has 3 aromatic rings. The van der Waals surface area contributed by atoms with Crippen LogP contribution >= 0.6 is 0 Å². The number of nitrogens with one attached hydrogen (secondary N) is 2. The second-order valence-electron chi connectivity index (χ2n) is 12.7. The molecule has 2 aromatic carbocycles. The fourth-order valence-corrected chi connectivity index (χ4v) is 6.91. The number of nitrogens with zero attached hydrogens (tertiary/aromatic N) is 3. The molecule has 1 atom stereocenters. The predicted octanol–water partition coefficient (Wildman–Crippen LogP) is 5.98. The van der Waals surface area contributed by atoms with Crippen molar-refractivity contribution >= 4 is 29.1 Å². The van der Waals surface area contributed by atoms with Gasteiger partial charge in [-0.2, -0.15) is 0 Å². The molecule has 1 aliphatic carbocycles. The fourth-order valence-electron chi connectivity index (χ4n) is 6.91. The molecule has 0 unspecified atom stereocenters. The zero-order chi connectivity index (χ0) is 33.6. The van der Waals surface area contributed by atoms with E-state index in [1.165, 1.54) is 12.1 Å². The molecule has 3 heterocycles. The summed E-state index contributed by atoms with van der Waals surface area (Å²) in [6.45, 7) is -1.91. The molecule has 3 amide bonds. The van der Waals surface area contributed by atoms with E-state index in [0.717, 1.165) is 15.4 Å². The first kappa shape index (κ1) is 32.5. The van der Waals surface area contributed by atoms with E-state index >= 15 is 4.39 Å². The highest BCUT2D eigenvalue weighted by Crippen LogP contribution is 2.44. The first-order valence-electron chi connectivity index (χ1n) is 15.5. The Hall–Kier alpha value is -4.43. The molecular weight excluding hydrogens is 629 g/mol. The fraction of sp³-hybridized carbons (Fsp3) is 0.500. The predicted molar refractivity (Wildman–Crippen MR) is 157 cm³/mol. The van der Waals surface area contributed by atoms with Crippen LogP contribution in [-0.4, -0.2) is 81.0 Å². The number of alkyl carbamates (subject to hydrolysis) is 1. The highest BCUT2D eigenvalue weighted by Gasteiger charge is 2.54. The minimum absolute atomic E-state index is 0.0430. The number of H-pyrrole nitrogens is 1. The van der Waals surface area contributed by atoms with E-state index in [-0.39, 0.29) is 67.8 Å². The van der Waals surface area contributed by atoms with Crippen LogP contribution in [0.2, 0.25) is 0 Å². The Morgan fingerprint density at radius 1 is 0.957 bits per heavy atom. The van der Waals surface area contributed by atoms with Crippen molar-refractivity contribution in [3.63, 3.8) is 0 Å². The average molecular weight is 664 g/mol. The molecule has 47 heavy (non-hydrogen) atoms. The van der Waals surface area contributed by atoms with Crippen LogP contribution in [0.3, 0.4) is 0 Å². The number of likely N-dealkylation sites (tertiary alicyclic amines) is 2. The Morgan fingerprint density at radius 3 is 2.23 bits per heavy atom. The van der Waals surface area contributed by atoms with Gasteiger partial charge in [0.15, 0.2) is 5.82 Å². The average Bonchev–Trinajstić information content (AvgIpc) is 3.47. The van der Waals surface area contributed by atoms with Crippen molar-refractivity contribution in [3.05, 3.63) is 65.2 Å². The number of aromatic amines is 1. The van der Waals surface area contributed by atoms with Crippen molar-refractivity contribution in [1.29, 1.82) is 0 Å². The topological polar surface area (TPSA) is 128 Å². The zero-order valence-corrected chi connectivity index (χ0v) is 25.3. The Kier molecular flexibility index (Phi) is 8.51. The van der Waals surface area contributed by atoms with Crippen molar-refractivity contribution in [2.45, 2.75) is 68.4 Å². The molecular formula is C32H34F5N5O5. The lowest BCUT2D eigenvalue weighted by Crippen LogP contribution is -2.64. The SMILES string of the molecule is O=C(N[C@H](c1nc2c(F)c(C3(C(=O)N4CC(F)(F)C4)CCN(C(=O)O)CC3)ccc2[nH]1)C1CCC(F)(F)CC1)OCc1ccccc1. The second-order valence-corrected chi connectivity index (χ2v) is 12.7. The number of carbonyl (C=O) groups excluding carboxylic acids is 2. The molecule has 2 saturated heterocycles. The van der Waals surface area contributed by atoms with Gasteiger partial charge in [-0.05, 0) is 43.2 Å². The van der Waals surface area contributed by atoms with Gasteiger partial charge >= 0.3 is 12.2 Å². The summed E-state index contributed by atoms with van der Waals surface area (Å²) in [6.07, 6.45) is -2.99. The number of benzene rings is 2. The number of alkyl halides is 4. The second kappa shape index (κ2) is 12.3. The van der Waals surface area contributed by atoms with E-state index in [1.807, 2.05) is 6.07 Å². The lowest BCUT2D eigenvalue weighted by atomic mass is 9.70. The molecule has 10 nitrogen and oxygen atoms in total. The molecule has 252 valence electrons. The molecule has 1 aromatic heterocycles. The van der Waals surface area contributed by atoms with E-state index in [1.54, 1.807) is 24.3 Å². The van der Waals surface area contributed by atoms with Crippen molar-refractivity contribution in [2.24, 2.45) is 5.92 Å². The number of hydrogen-bond acceptors (Lipinski definition) is 5. The van der Waals surface area contributed by atoms with Crippen molar-refractivity contribution < 1.29 is 46.2 Å². The number of piperidine rings is 1. The van der Waals surface area contributed by atoms with Gasteiger partial charge in [0, 0.05) is 31.5 Å². The summed E-state index contributed by atoms with van der Waals surface area (Å²) in [6, 6.07) is 10.8. The Balaban J connectivity index is 1.32. The monoisotopic (exact) mass is 663 g/mol. The quantitative estimate of drug-likeness (QED) is 0.267. The number of carbonyl (C=O) groups is 3. The summed E-state index contributed by atoms with van der Waals surface area (Å²) >= 11 is 0. The number of halogens is 5. The number of hydrogen-bond donors (Lipinski definition) is 3. The summed E-state index contributed by atoms with van der Waals surface area (Å²) in [5, 5.41) is 12.2. The van der Waals surface area contributed by atoms with Crippen LogP contribution < -0.4 is 5.32 Å². The number of rotatable bonds is 7. The summed E-state index contributed by atoms with van der Waals surface area (Å²) in [5.74, 6) is -7.90. The molecule has 2 aliphatic heterocycles. The Bertz CT molecular complexity index is 1640. The van der Waals surface area contributed by atoms with Gasteiger partial charge in [-0.15, -0.1) is 0 Å². The standard InChI is InChI=1S/C32H34F5N5O5/c33-23-21(30(12-14-41(15-13-30)29(45)46)27(43)42-17-32(36,37)18-42)6-7-22-25(23)39-26(38-22)24(20-8-10-31(34,35)11-9-20)40-28(44)47-16-19-4-2-1-3-5-19/h1-7,20,24H,8-18H2,(H,38,39)(H,40,44)(H,45,46)/t24-/m0/s1.